The van der Waals surface area contributed by atoms with Gasteiger partial charge in [-0.3, -0.25) is 0 Å². The Kier molecular flexibility index (Phi) is 6.01. The van der Waals surface area contributed by atoms with Gasteiger partial charge in [0.2, 0.25) is 0 Å². The molecule has 0 N–H and O–H groups in total. The third-order valence-electron chi connectivity index (χ3n) is 2.09. The lowest BCUT2D eigenvalue weighted by molar-refractivity contribution is 1.20. The molecule has 0 nitrogen and oxygen atoms in total. The van der Waals surface area contributed by atoms with Crippen molar-refractivity contribution in [2.75, 3.05) is 0 Å². The molecule has 0 aliphatic rings. The van der Waals surface area contributed by atoms with Crippen LogP contribution in [0, 0.1) is 0 Å². The van der Waals surface area contributed by atoms with Crippen molar-refractivity contribution in [3.63, 3.8) is 0 Å². The predicted molar refractivity (Wildman–Crippen MR) is 60.7 cm³/mol. The van der Waals surface area contributed by atoms with Crippen molar-refractivity contribution >= 4 is 0 Å². The maximum atomic E-state index is 3.38. The molecule has 0 atom stereocenters. The van der Waals surface area contributed by atoms with Gasteiger partial charge in [-0.05, 0) is 57.8 Å². The van der Waals surface area contributed by atoms with Gasteiger partial charge in [-0.25, -0.2) is 0 Å². The van der Waals surface area contributed by atoms with Crippen LogP contribution in [0.4, 0.5) is 0 Å². The fourth-order valence-corrected chi connectivity index (χ4v) is 0.981. The molecule has 0 aromatic rings. The number of rotatable bonds is 3. The van der Waals surface area contributed by atoms with Crippen molar-refractivity contribution in [2.45, 2.75) is 41.0 Å². The Hall–Kier alpha value is -1.00. The van der Waals surface area contributed by atoms with E-state index >= 15 is 0 Å². The smallest absolute Gasteiger partial charge is 0.00653 e. The summed E-state index contributed by atoms with van der Waals surface area (Å²) in [5, 5.41) is 0. The maximum Gasteiger partial charge on any atom is -0.00653 e. The van der Waals surface area contributed by atoms with Crippen LogP contribution >= 0.6 is 0 Å². The van der Waals surface area contributed by atoms with Crippen molar-refractivity contribution in [3.8, 4) is 0 Å². The van der Waals surface area contributed by atoms with E-state index < -0.39 is 0 Å². The van der Waals surface area contributed by atoms with E-state index in [1.165, 1.54) is 16.7 Å². The Morgan fingerprint density at radius 1 is 1.15 bits per heavy atom. The summed E-state index contributed by atoms with van der Waals surface area (Å²) in [6.45, 7) is 10.4. The van der Waals surface area contributed by atoms with Crippen LogP contribution in [0.25, 0.3) is 0 Å². The second-order valence-corrected chi connectivity index (χ2v) is 3.28. The summed E-state index contributed by atoms with van der Waals surface area (Å²) in [5.74, 6) is 0. The lowest BCUT2D eigenvalue weighted by Gasteiger charge is -1.96. The Labute approximate surface area is 82.4 Å². The van der Waals surface area contributed by atoms with Crippen LogP contribution in [0.3, 0.4) is 0 Å². The molecule has 0 radical (unpaired) electrons. The minimum absolute atomic E-state index is 1.00. The fourth-order valence-electron chi connectivity index (χ4n) is 0.981. The van der Waals surface area contributed by atoms with Crippen LogP contribution in [0.1, 0.15) is 41.0 Å². The Balaban J connectivity index is 4.66. The Morgan fingerprint density at radius 3 is 2.23 bits per heavy atom. The molecule has 0 aromatic heterocycles. The van der Waals surface area contributed by atoms with Gasteiger partial charge in [0.25, 0.3) is 0 Å². The van der Waals surface area contributed by atoms with Gasteiger partial charge < -0.3 is 0 Å². The van der Waals surface area contributed by atoms with Crippen LogP contribution in [0.15, 0.2) is 40.7 Å². The second-order valence-electron chi connectivity index (χ2n) is 3.28. The molecule has 0 aromatic carbocycles. The van der Waals surface area contributed by atoms with Gasteiger partial charge in [-0.2, -0.15) is 0 Å². The van der Waals surface area contributed by atoms with Gasteiger partial charge in [0.05, 0.1) is 0 Å². The van der Waals surface area contributed by atoms with E-state index in [2.05, 4.69) is 51.7 Å². The monoisotopic (exact) mass is 176 g/mol. The summed E-state index contributed by atoms with van der Waals surface area (Å²) in [5.41, 5.74) is 7.21. The molecule has 0 saturated carbocycles. The van der Waals surface area contributed by atoms with Gasteiger partial charge in [0.1, 0.15) is 0 Å². The zero-order chi connectivity index (χ0) is 10.3. The predicted octanol–water partition coefficient (Wildman–Crippen LogP) is 4.41. The van der Waals surface area contributed by atoms with E-state index in [9.17, 15) is 0 Å². The summed E-state index contributed by atoms with van der Waals surface area (Å²) in [7, 11) is 0. The summed E-state index contributed by atoms with van der Waals surface area (Å²) in [4.78, 5) is 0. The van der Waals surface area contributed by atoms with Crippen LogP contribution < -0.4 is 0 Å². The first-order valence-electron chi connectivity index (χ1n) is 4.79. The first-order valence-corrected chi connectivity index (χ1v) is 4.79. The van der Waals surface area contributed by atoms with Gasteiger partial charge in [-0.15, -0.1) is 5.73 Å². The highest BCUT2D eigenvalue weighted by atomic mass is 13.9. The highest BCUT2D eigenvalue weighted by molar-refractivity contribution is 5.27. The molecule has 0 amide bonds. The summed E-state index contributed by atoms with van der Waals surface area (Å²) < 4.78 is 0. The van der Waals surface area contributed by atoms with Crippen LogP contribution in [-0.2, 0) is 0 Å². The van der Waals surface area contributed by atoms with Crippen molar-refractivity contribution < 1.29 is 0 Å². The number of hydrogen-bond acceptors (Lipinski definition) is 0. The van der Waals surface area contributed by atoms with E-state index in [-0.39, 0.29) is 0 Å². The van der Waals surface area contributed by atoms with Gasteiger partial charge in [-0.1, -0.05) is 18.2 Å². The van der Waals surface area contributed by atoms with Crippen LogP contribution in [0.5, 0.6) is 0 Å². The first-order chi connectivity index (χ1) is 6.11. The maximum absolute atomic E-state index is 3.38. The van der Waals surface area contributed by atoms with E-state index in [0.717, 1.165) is 6.42 Å². The minimum Gasteiger partial charge on any atom is -0.118 e. The average Bonchev–Trinajstić information content (AvgIpc) is 2.13. The number of hydrogen-bond donors (Lipinski definition) is 0. The largest absolute Gasteiger partial charge is 0.118 e. The quantitative estimate of drug-likeness (QED) is 0.339. The minimum atomic E-state index is 1.00. The third-order valence-corrected chi connectivity index (χ3v) is 2.09. The standard InChI is InChI=1S/C13H20/c1-6-8-9-11(3)10-13(5)12(4)7-2/h6-8H,9H2,1-5H3. The van der Waals surface area contributed by atoms with Crippen molar-refractivity contribution in [3.05, 3.63) is 40.7 Å². The molecule has 0 bridgehead atoms. The second kappa shape index (κ2) is 6.51. The molecule has 0 aliphatic heterocycles. The summed E-state index contributed by atoms with van der Waals surface area (Å²) in [6.07, 6.45) is 7.35. The zero-order valence-electron chi connectivity index (χ0n) is 9.44. The highest BCUT2D eigenvalue weighted by Gasteiger charge is 1.89. The Morgan fingerprint density at radius 2 is 1.77 bits per heavy atom. The topological polar surface area (TPSA) is 0 Å². The fraction of sp³-hybridized carbons (Fsp3) is 0.462. The molecule has 72 valence electrons. The molecule has 0 unspecified atom stereocenters. The van der Waals surface area contributed by atoms with E-state index in [1.54, 1.807) is 0 Å². The van der Waals surface area contributed by atoms with E-state index in [0.29, 0.717) is 0 Å². The van der Waals surface area contributed by atoms with Crippen molar-refractivity contribution in [2.24, 2.45) is 0 Å². The highest BCUT2D eigenvalue weighted by Crippen LogP contribution is 2.08. The summed E-state index contributed by atoms with van der Waals surface area (Å²) >= 11 is 0. The third kappa shape index (κ3) is 5.27. The van der Waals surface area contributed by atoms with Gasteiger partial charge in [0.15, 0.2) is 0 Å². The number of allylic oxidation sites excluding steroid dienone is 5. The molecular weight excluding hydrogens is 156 g/mol. The van der Waals surface area contributed by atoms with Gasteiger partial charge in [0, 0.05) is 0 Å². The van der Waals surface area contributed by atoms with Crippen molar-refractivity contribution in [1.29, 1.82) is 0 Å². The van der Waals surface area contributed by atoms with Crippen LogP contribution in [0.2, 0.25) is 0 Å². The molecule has 0 heterocycles. The van der Waals surface area contributed by atoms with Gasteiger partial charge >= 0.3 is 0 Å². The molecule has 0 fully saturated rings. The lowest BCUT2D eigenvalue weighted by atomic mass is 10.1. The molecule has 0 aliphatic carbocycles. The first kappa shape index (κ1) is 12.0. The SMILES string of the molecule is CC=CCC(C)=C=C(C)C(C)=CC. The van der Waals surface area contributed by atoms with Crippen LogP contribution in [-0.4, -0.2) is 0 Å². The average molecular weight is 176 g/mol. The van der Waals surface area contributed by atoms with E-state index in [4.69, 9.17) is 0 Å². The Bertz CT molecular complexity index is 268. The molecule has 13 heavy (non-hydrogen) atoms. The molecular formula is C13H20. The molecule has 0 saturated heterocycles. The zero-order valence-corrected chi connectivity index (χ0v) is 9.44. The molecule has 0 spiro atoms. The van der Waals surface area contributed by atoms with Crippen molar-refractivity contribution in [1.82, 2.24) is 0 Å². The molecule has 0 heteroatoms. The summed E-state index contributed by atoms with van der Waals surface area (Å²) in [6, 6.07) is 0. The lowest BCUT2D eigenvalue weighted by Crippen LogP contribution is -1.77. The van der Waals surface area contributed by atoms with E-state index in [1.807, 2.05) is 6.92 Å². The molecule has 0 rings (SSSR count). The normalized spacial score (nSPS) is 11.6.